The molecule has 0 aliphatic carbocycles. The SMILES string of the molecule is O=C(CCOc1ccc(F)cc1)NC(CN1CCOCC1)c1ccccc1. The van der Waals surface area contributed by atoms with E-state index in [1.807, 2.05) is 30.3 Å². The van der Waals surface area contributed by atoms with Crippen LogP contribution in [-0.4, -0.2) is 50.3 Å². The molecule has 1 heterocycles. The predicted octanol–water partition coefficient (Wildman–Crippen LogP) is 2.78. The van der Waals surface area contributed by atoms with E-state index in [0.29, 0.717) is 5.75 Å². The van der Waals surface area contributed by atoms with E-state index in [1.165, 1.54) is 12.1 Å². The summed E-state index contributed by atoms with van der Waals surface area (Å²) in [5.41, 5.74) is 1.08. The zero-order valence-corrected chi connectivity index (χ0v) is 15.3. The number of hydrogen-bond donors (Lipinski definition) is 1. The van der Waals surface area contributed by atoms with Gasteiger partial charge in [-0.05, 0) is 29.8 Å². The number of hydrogen-bond acceptors (Lipinski definition) is 4. The van der Waals surface area contributed by atoms with Gasteiger partial charge in [0, 0.05) is 19.6 Å². The van der Waals surface area contributed by atoms with Crippen LogP contribution in [0.15, 0.2) is 54.6 Å². The van der Waals surface area contributed by atoms with E-state index in [2.05, 4.69) is 10.2 Å². The lowest BCUT2D eigenvalue weighted by atomic mass is 10.1. The van der Waals surface area contributed by atoms with Gasteiger partial charge >= 0.3 is 0 Å². The summed E-state index contributed by atoms with van der Waals surface area (Å²) in [6, 6.07) is 15.7. The second-order valence-electron chi connectivity index (χ2n) is 6.50. The van der Waals surface area contributed by atoms with Gasteiger partial charge in [-0.2, -0.15) is 0 Å². The van der Waals surface area contributed by atoms with Crippen molar-refractivity contribution in [3.8, 4) is 5.75 Å². The van der Waals surface area contributed by atoms with E-state index >= 15 is 0 Å². The average molecular weight is 372 g/mol. The number of benzene rings is 2. The molecule has 2 aromatic carbocycles. The van der Waals surface area contributed by atoms with E-state index in [9.17, 15) is 9.18 Å². The monoisotopic (exact) mass is 372 g/mol. The summed E-state index contributed by atoms with van der Waals surface area (Å²) in [6.07, 6.45) is 0.240. The summed E-state index contributed by atoms with van der Waals surface area (Å²) in [7, 11) is 0. The summed E-state index contributed by atoms with van der Waals surface area (Å²) >= 11 is 0. The molecule has 1 saturated heterocycles. The summed E-state index contributed by atoms with van der Waals surface area (Å²) < 4.78 is 23.8. The van der Waals surface area contributed by atoms with Gasteiger partial charge in [0.1, 0.15) is 11.6 Å². The van der Waals surface area contributed by atoms with Gasteiger partial charge in [-0.15, -0.1) is 0 Å². The Morgan fingerprint density at radius 1 is 1.11 bits per heavy atom. The third-order valence-electron chi connectivity index (χ3n) is 4.49. The third kappa shape index (κ3) is 6.34. The molecule has 1 aliphatic heterocycles. The van der Waals surface area contributed by atoms with Crippen molar-refractivity contribution in [2.24, 2.45) is 0 Å². The Morgan fingerprint density at radius 2 is 1.81 bits per heavy atom. The number of ether oxygens (including phenoxy) is 2. The molecule has 1 atom stereocenters. The number of nitrogens with zero attached hydrogens (tertiary/aromatic N) is 1. The van der Waals surface area contributed by atoms with Crippen molar-refractivity contribution in [2.45, 2.75) is 12.5 Å². The minimum absolute atomic E-state index is 0.0702. The van der Waals surface area contributed by atoms with Crippen molar-refractivity contribution >= 4 is 5.91 Å². The van der Waals surface area contributed by atoms with Crippen LogP contribution in [-0.2, 0) is 9.53 Å². The van der Waals surface area contributed by atoms with Crippen LogP contribution in [0.5, 0.6) is 5.75 Å². The van der Waals surface area contributed by atoms with Gasteiger partial charge in [-0.3, -0.25) is 9.69 Å². The van der Waals surface area contributed by atoms with Crippen LogP contribution >= 0.6 is 0 Å². The fraction of sp³-hybridized carbons (Fsp3) is 0.381. The fourth-order valence-electron chi connectivity index (χ4n) is 3.02. The van der Waals surface area contributed by atoms with Crippen molar-refractivity contribution < 1.29 is 18.7 Å². The number of carbonyl (C=O) groups excluding carboxylic acids is 1. The van der Waals surface area contributed by atoms with Gasteiger partial charge in [-0.1, -0.05) is 30.3 Å². The molecular formula is C21H25FN2O3. The molecule has 6 heteroatoms. The number of rotatable bonds is 8. The van der Waals surface area contributed by atoms with Crippen LogP contribution in [0.3, 0.4) is 0 Å². The normalized spacial score (nSPS) is 15.9. The topological polar surface area (TPSA) is 50.8 Å². The van der Waals surface area contributed by atoms with Crippen LogP contribution in [0.1, 0.15) is 18.0 Å². The molecule has 0 bridgehead atoms. The molecule has 0 saturated carbocycles. The van der Waals surface area contributed by atoms with Gasteiger partial charge in [0.05, 0.1) is 32.3 Å². The lowest BCUT2D eigenvalue weighted by Crippen LogP contribution is -2.43. The van der Waals surface area contributed by atoms with Crippen molar-refractivity contribution in [1.82, 2.24) is 10.2 Å². The lowest BCUT2D eigenvalue weighted by molar-refractivity contribution is -0.122. The molecule has 144 valence electrons. The Kier molecular flexibility index (Phi) is 7.19. The highest BCUT2D eigenvalue weighted by molar-refractivity contribution is 5.76. The predicted molar refractivity (Wildman–Crippen MR) is 101 cm³/mol. The second-order valence-corrected chi connectivity index (χ2v) is 6.50. The quantitative estimate of drug-likeness (QED) is 0.774. The molecule has 1 fully saturated rings. The standard InChI is InChI=1S/C21H25FN2O3/c22-18-6-8-19(9-7-18)27-13-10-21(25)23-20(17-4-2-1-3-5-17)16-24-11-14-26-15-12-24/h1-9,20H,10-16H2,(H,23,25). The average Bonchev–Trinajstić information content (AvgIpc) is 2.70. The molecule has 1 aliphatic rings. The molecule has 1 N–H and O–H groups in total. The molecule has 27 heavy (non-hydrogen) atoms. The maximum absolute atomic E-state index is 12.9. The van der Waals surface area contributed by atoms with Gasteiger partial charge in [0.25, 0.3) is 0 Å². The Balaban J connectivity index is 1.52. The van der Waals surface area contributed by atoms with Gasteiger partial charge in [0.2, 0.25) is 5.91 Å². The van der Waals surface area contributed by atoms with Crippen LogP contribution in [0.25, 0.3) is 0 Å². The molecule has 2 aromatic rings. The first-order valence-electron chi connectivity index (χ1n) is 9.23. The minimum Gasteiger partial charge on any atom is -0.493 e. The Bertz CT molecular complexity index is 703. The van der Waals surface area contributed by atoms with Crippen LogP contribution < -0.4 is 10.1 Å². The van der Waals surface area contributed by atoms with E-state index in [-0.39, 0.29) is 30.8 Å². The zero-order chi connectivity index (χ0) is 18.9. The first-order valence-corrected chi connectivity index (χ1v) is 9.23. The molecule has 1 amide bonds. The van der Waals surface area contributed by atoms with Crippen LogP contribution in [0.4, 0.5) is 4.39 Å². The molecule has 0 radical (unpaired) electrons. The number of carbonyl (C=O) groups is 1. The maximum atomic E-state index is 12.9. The molecule has 5 nitrogen and oxygen atoms in total. The highest BCUT2D eigenvalue weighted by Gasteiger charge is 2.20. The Labute approximate surface area is 159 Å². The summed E-state index contributed by atoms with van der Waals surface area (Å²) in [4.78, 5) is 14.7. The molecule has 3 rings (SSSR count). The number of nitrogens with one attached hydrogen (secondary N) is 1. The molecule has 0 aromatic heterocycles. The van der Waals surface area contributed by atoms with Gasteiger partial charge in [0.15, 0.2) is 0 Å². The van der Waals surface area contributed by atoms with Crippen molar-refractivity contribution in [2.75, 3.05) is 39.5 Å². The number of morpholine rings is 1. The van der Waals surface area contributed by atoms with Gasteiger partial charge < -0.3 is 14.8 Å². The Morgan fingerprint density at radius 3 is 2.52 bits per heavy atom. The van der Waals surface area contributed by atoms with Crippen LogP contribution in [0.2, 0.25) is 0 Å². The molecular weight excluding hydrogens is 347 g/mol. The highest BCUT2D eigenvalue weighted by Crippen LogP contribution is 2.16. The maximum Gasteiger partial charge on any atom is 0.223 e. The first-order chi connectivity index (χ1) is 13.2. The summed E-state index contributed by atoms with van der Waals surface area (Å²) in [5.74, 6) is 0.172. The fourth-order valence-corrected chi connectivity index (χ4v) is 3.02. The van der Waals surface area contributed by atoms with E-state index < -0.39 is 0 Å². The third-order valence-corrected chi connectivity index (χ3v) is 4.49. The minimum atomic E-state index is -0.311. The zero-order valence-electron chi connectivity index (χ0n) is 15.3. The van der Waals surface area contributed by atoms with E-state index in [1.54, 1.807) is 12.1 Å². The summed E-state index contributed by atoms with van der Waals surface area (Å²) in [5, 5.41) is 3.11. The van der Waals surface area contributed by atoms with Crippen molar-refractivity contribution in [1.29, 1.82) is 0 Å². The van der Waals surface area contributed by atoms with E-state index in [4.69, 9.17) is 9.47 Å². The van der Waals surface area contributed by atoms with E-state index in [0.717, 1.165) is 38.4 Å². The molecule has 1 unspecified atom stereocenters. The highest BCUT2D eigenvalue weighted by atomic mass is 19.1. The first kappa shape index (κ1) is 19.3. The van der Waals surface area contributed by atoms with Crippen molar-refractivity contribution in [3.63, 3.8) is 0 Å². The number of halogens is 1. The largest absolute Gasteiger partial charge is 0.493 e. The summed E-state index contributed by atoms with van der Waals surface area (Å²) in [6.45, 7) is 4.18. The second kappa shape index (κ2) is 10.0. The number of amides is 1. The Hall–Kier alpha value is -2.44. The lowest BCUT2D eigenvalue weighted by Gasteiger charge is -2.31. The van der Waals surface area contributed by atoms with Gasteiger partial charge in [-0.25, -0.2) is 4.39 Å². The smallest absolute Gasteiger partial charge is 0.223 e. The van der Waals surface area contributed by atoms with Crippen molar-refractivity contribution in [3.05, 3.63) is 66.0 Å². The molecule has 0 spiro atoms. The van der Waals surface area contributed by atoms with Crippen LogP contribution in [0, 0.1) is 5.82 Å².